The molecule has 28 heavy (non-hydrogen) atoms. The first-order chi connectivity index (χ1) is 13.7. The Labute approximate surface area is 167 Å². The predicted octanol–water partition coefficient (Wildman–Crippen LogP) is 6.57. The van der Waals surface area contributed by atoms with E-state index in [9.17, 15) is 4.57 Å². The average Bonchev–Trinajstić information content (AvgIpc) is 2.71. The lowest BCUT2D eigenvalue weighted by Crippen LogP contribution is -2.21. The zero-order valence-electron chi connectivity index (χ0n) is 16.5. The minimum atomic E-state index is -3.63. The summed E-state index contributed by atoms with van der Waals surface area (Å²) in [6.45, 7) is 4.29. The van der Waals surface area contributed by atoms with Crippen molar-refractivity contribution in [1.82, 2.24) is 0 Å². The van der Waals surface area contributed by atoms with Crippen molar-refractivity contribution in [2.24, 2.45) is 0 Å². The molecular weight excluding hydrogens is 367 g/mol. The van der Waals surface area contributed by atoms with Gasteiger partial charge in [0, 0.05) is 0 Å². The second kappa shape index (κ2) is 9.61. The van der Waals surface area contributed by atoms with Crippen LogP contribution in [-0.2, 0) is 17.4 Å². The molecule has 3 aromatic rings. The van der Waals surface area contributed by atoms with Crippen LogP contribution in [0.25, 0.3) is 0 Å². The van der Waals surface area contributed by atoms with Crippen LogP contribution < -0.4 is 14.4 Å². The SMILES string of the molecule is CCCc1cccc(P(=O)(Oc2ccccc2)Oc2ccccc2)c1CCC. The van der Waals surface area contributed by atoms with Crippen LogP contribution in [0.4, 0.5) is 0 Å². The number of hydrogen-bond acceptors (Lipinski definition) is 3. The molecule has 3 rings (SSSR count). The van der Waals surface area contributed by atoms with Crippen LogP contribution in [0.3, 0.4) is 0 Å². The van der Waals surface area contributed by atoms with Gasteiger partial charge >= 0.3 is 7.60 Å². The van der Waals surface area contributed by atoms with Crippen molar-refractivity contribution in [1.29, 1.82) is 0 Å². The molecule has 0 fully saturated rings. The normalized spacial score (nSPS) is 11.2. The second-order valence-corrected chi connectivity index (χ2v) is 8.56. The monoisotopic (exact) mass is 394 g/mol. The van der Waals surface area contributed by atoms with Crippen molar-refractivity contribution in [3.05, 3.63) is 90.0 Å². The Morgan fingerprint density at radius 1 is 0.679 bits per heavy atom. The van der Waals surface area contributed by atoms with Gasteiger partial charge in [-0.1, -0.05) is 75.2 Å². The molecule has 0 aliphatic carbocycles. The van der Waals surface area contributed by atoms with Gasteiger partial charge in [-0.25, -0.2) is 4.57 Å². The molecule has 0 bridgehead atoms. The molecule has 3 aromatic carbocycles. The highest BCUT2D eigenvalue weighted by Crippen LogP contribution is 2.48. The lowest BCUT2D eigenvalue weighted by molar-refractivity contribution is 0.399. The van der Waals surface area contributed by atoms with Crippen molar-refractivity contribution >= 4 is 12.9 Å². The molecule has 0 heterocycles. The maximum atomic E-state index is 14.2. The Balaban J connectivity index is 2.10. The Morgan fingerprint density at radius 2 is 1.21 bits per heavy atom. The van der Waals surface area contributed by atoms with Crippen LogP contribution in [0.5, 0.6) is 11.5 Å². The zero-order chi connectivity index (χ0) is 19.8. The summed E-state index contributed by atoms with van der Waals surface area (Å²) in [7, 11) is -3.63. The highest BCUT2D eigenvalue weighted by molar-refractivity contribution is 7.63. The Bertz CT molecular complexity index is 878. The van der Waals surface area contributed by atoms with Gasteiger partial charge in [-0.3, -0.25) is 0 Å². The molecule has 0 amide bonds. The first-order valence-electron chi connectivity index (χ1n) is 9.87. The van der Waals surface area contributed by atoms with Crippen LogP contribution in [0.15, 0.2) is 78.9 Å². The number of hydrogen-bond donors (Lipinski definition) is 0. The van der Waals surface area contributed by atoms with E-state index in [1.165, 1.54) is 5.56 Å². The van der Waals surface area contributed by atoms with Crippen molar-refractivity contribution in [3.63, 3.8) is 0 Å². The summed E-state index contributed by atoms with van der Waals surface area (Å²) in [6.07, 6.45) is 3.78. The Kier molecular flexibility index (Phi) is 6.95. The number of rotatable bonds is 9. The standard InChI is InChI=1S/C24H27O3P/c1-3-12-20-14-11-19-24(23(20)13-4-2)28(25,26-21-15-7-5-8-16-21)27-22-17-9-6-10-18-22/h5-11,14-19H,3-4,12-13H2,1-2H3. The van der Waals surface area contributed by atoms with E-state index in [1.54, 1.807) is 24.3 Å². The van der Waals surface area contributed by atoms with E-state index in [4.69, 9.17) is 9.05 Å². The highest BCUT2D eigenvalue weighted by atomic mass is 31.2. The smallest absolute Gasteiger partial charge is 0.413 e. The summed E-state index contributed by atoms with van der Waals surface area (Å²) in [4.78, 5) is 0. The summed E-state index contributed by atoms with van der Waals surface area (Å²) < 4.78 is 26.3. The molecular formula is C24H27O3P. The van der Waals surface area contributed by atoms with E-state index < -0.39 is 7.60 Å². The molecule has 146 valence electrons. The Hall–Kier alpha value is -2.51. The summed E-state index contributed by atoms with van der Waals surface area (Å²) in [5.41, 5.74) is 2.30. The fourth-order valence-electron chi connectivity index (χ4n) is 3.28. The molecule has 3 nitrogen and oxygen atoms in total. The molecule has 0 unspecified atom stereocenters. The van der Waals surface area contributed by atoms with E-state index in [1.807, 2.05) is 48.5 Å². The molecule has 0 saturated heterocycles. The van der Waals surface area contributed by atoms with Gasteiger partial charge in [0.2, 0.25) is 0 Å². The third kappa shape index (κ3) is 4.85. The minimum absolute atomic E-state index is 0.533. The lowest BCUT2D eigenvalue weighted by Gasteiger charge is -2.23. The largest absolute Gasteiger partial charge is 0.463 e. The summed E-state index contributed by atoms with van der Waals surface area (Å²) in [5.74, 6) is 1.07. The van der Waals surface area contributed by atoms with Crippen molar-refractivity contribution < 1.29 is 13.6 Å². The van der Waals surface area contributed by atoms with Gasteiger partial charge in [0.05, 0.1) is 5.30 Å². The topological polar surface area (TPSA) is 35.5 Å². The number of para-hydroxylation sites is 2. The molecule has 0 spiro atoms. The molecule has 0 atom stereocenters. The summed E-state index contributed by atoms with van der Waals surface area (Å²) >= 11 is 0. The van der Waals surface area contributed by atoms with Gasteiger partial charge in [-0.15, -0.1) is 0 Å². The van der Waals surface area contributed by atoms with Crippen LogP contribution in [0.1, 0.15) is 37.8 Å². The summed E-state index contributed by atoms with van der Waals surface area (Å²) in [6, 6.07) is 24.4. The van der Waals surface area contributed by atoms with E-state index in [2.05, 4.69) is 19.9 Å². The number of aryl methyl sites for hydroxylation is 1. The third-order valence-electron chi connectivity index (χ3n) is 4.50. The van der Waals surface area contributed by atoms with E-state index in [0.29, 0.717) is 16.8 Å². The highest BCUT2D eigenvalue weighted by Gasteiger charge is 2.34. The second-order valence-electron chi connectivity index (χ2n) is 6.72. The van der Waals surface area contributed by atoms with Gasteiger partial charge < -0.3 is 9.05 Å². The molecule has 0 aliphatic heterocycles. The van der Waals surface area contributed by atoms with E-state index in [0.717, 1.165) is 31.2 Å². The molecule has 0 N–H and O–H groups in total. The van der Waals surface area contributed by atoms with E-state index in [-0.39, 0.29) is 0 Å². The lowest BCUT2D eigenvalue weighted by atomic mass is 10.00. The number of benzene rings is 3. The molecule has 0 saturated carbocycles. The maximum absolute atomic E-state index is 14.2. The maximum Gasteiger partial charge on any atom is 0.463 e. The summed E-state index contributed by atoms with van der Waals surface area (Å²) in [5, 5.41) is 0.660. The first kappa shape index (κ1) is 20.2. The fourth-order valence-corrected chi connectivity index (χ4v) is 5.16. The van der Waals surface area contributed by atoms with Crippen LogP contribution in [-0.4, -0.2) is 0 Å². The van der Waals surface area contributed by atoms with Gasteiger partial charge in [-0.2, -0.15) is 0 Å². The fraction of sp³-hybridized carbons (Fsp3) is 0.250. The zero-order valence-corrected chi connectivity index (χ0v) is 17.4. The van der Waals surface area contributed by atoms with Gasteiger partial charge in [0.15, 0.2) is 0 Å². The Morgan fingerprint density at radius 3 is 1.71 bits per heavy atom. The molecule has 0 radical (unpaired) electrons. The quantitative estimate of drug-likeness (QED) is 0.385. The average molecular weight is 394 g/mol. The molecule has 4 heteroatoms. The van der Waals surface area contributed by atoms with Crippen LogP contribution in [0.2, 0.25) is 0 Å². The first-order valence-corrected chi connectivity index (χ1v) is 11.4. The van der Waals surface area contributed by atoms with Gasteiger partial charge in [0.25, 0.3) is 0 Å². The van der Waals surface area contributed by atoms with Crippen molar-refractivity contribution in [2.75, 3.05) is 0 Å². The molecule has 0 aromatic heterocycles. The minimum Gasteiger partial charge on any atom is -0.413 e. The predicted molar refractivity (Wildman–Crippen MR) is 116 cm³/mol. The van der Waals surface area contributed by atoms with E-state index >= 15 is 0 Å². The molecule has 0 aliphatic rings. The van der Waals surface area contributed by atoms with Gasteiger partial charge in [-0.05, 0) is 54.3 Å². The van der Waals surface area contributed by atoms with Crippen molar-refractivity contribution in [2.45, 2.75) is 39.5 Å². The third-order valence-corrected chi connectivity index (χ3v) is 6.41. The van der Waals surface area contributed by atoms with Crippen LogP contribution in [0, 0.1) is 0 Å². The van der Waals surface area contributed by atoms with Crippen molar-refractivity contribution in [3.8, 4) is 11.5 Å². The van der Waals surface area contributed by atoms with Crippen LogP contribution >= 0.6 is 7.60 Å². The van der Waals surface area contributed by atoms with Gasteiger partial charge in [0.1, 0.15) is 11.5 Å².